The van der Waals surface area contributed by atoms with Crippen LogP contribution in [0.5, 0.6) is 0 Å². The molecule has 0 aliphatic heterocycles. The number of aryl methyl sites for hydroxylation is 1. The lowest BCUT2D eigenvalue weighted by Crippen LogP contribution is -2.36. The first kappa shape index (κ1) is 23.4. The van der Waals surface area contributed by atoms with Crippen molar-refractivity contribution in [2.45, 2.75) is 56.1 Å². The molecule has 0 aromatic heterocycles. The summed E-state index contributed by atoms with van der Waals surface area (Å²) in [6.45, 7) is 1.67. The van der Waals surface area contributed by atoms with Gasteiger partial charge < -0.3 is 5.32 Å². The van der Waals surface area contributed by atoms with Crippen molar-refractivity contribution >= 4 is 33.2 Å². The van der Waals surface area contributed by atoms with E-state index in [0.29, 0.717) is 11.6 Å². The lowest BCUT2D eigenvalue weighted by atomic mass is 9.95. The first-order valence-corrected chi connectivity index (χ1v) is 11.6. The number of alkyl halides is 3. The van der Waals surface area contributed by atoms with E-state index in [0.717, 1.165) is 44.2 Å². The Bertz CT molecular complexity index is 1080. The van der Waals surface area contributed by atoms with Crippen LogP contribution in [-0.4, -0.2) is 20.4 Å². The van der Waals surface area contributed by atoms with Gasteiger partial charge in [0.1, 0.15) is 0 Å². The molecule has 0 radical (unpaired) electrons. The second-order valence-corrected chi connectivity index (χ2v) is 9.70. The van der Waals surface area contributed by atoms with Gasteiger partial charge in [-0.3, -0.25) is 9.52 Å². The van der Waals surface area contributed by atoms with Gasteiger partial charge in [-0.25, -0.2) is 8.42 Å². The van der Waals surface area contributed by atoms with Crippen LogP contribution < -0.4 is 10.0 Å². The predicted molar refractivity (Wildman–Crippen MR) is 113 cm³/mol. The fourth-order valence-corrected chi connectivity index (χ4v) is 4.84. The Balaban J connectivity index is 1.89. The number of hydrogen-bond donors (Lipinski definition) is 2. The summed E-state index contributed by atoms with van der Waals surface area (Å²) in [6.07, 6.45) is 0.0779. The van der Waals surface area contributed by atoms with Crippen molar-refractivity contribution in [3.63, 3.8) is 0 Å². The minimum atomic E-state index is -4.80. The number of hydrogen-bond acceptors (Lipinski definition) is 3. The molecule has 0 spiro atoms. The summed E-state index contributed by atoms with van der Waals surface area (Å²) in [5, 5.41) is 2.75. The Labute approximate surface area is 184 Å². The summed E-state index contributed by atoms with van der Waals surface area (Å²) >= 11 is 5.64. The Kier molecular flexibility index (Phi) is 6.85. The van der Waals surface area contributed by atoms with E-state index < -0.39 is 33.4 Å². The molecule has 0 bridgehead atoms. The molecule has 5 nitrogen and oxygen atoms in total. The molecular weight excluding hydrogens is 453 g/mol. The largest absolute Gasteiger partial charge is 0.418 e. The molecule has 2 aromatic rings. The number of carbonyl (C=O) groups excluding carboxylic acids is 1. The second kappa shape index (κ2) is 9.08. The Morgan fingerprint density at radius 3 is 2.39 bits per heavy atom. The molecule has 168 valence electrons. The van der Waals surface area contributed by atoms with Crippen LogP contribution in [-0.2, 0) is 16.2 Å². The fraction of sp³-hybridized carbons (Fsp3) is 0.381. The first-order chi connectivity index (χ1) is 14.5. The lowest BCUT2D eigenvalue weighted by molar-refractivity contribution is -0.136. The van der Waals surface area contributed by atoms with Crippen LogP contribution in [0.2, 0.25) is 5.02 Å². The summed E-state index contributed by atoms with van der Waals surface area (Å²) in [6, 6.07) is 6.68. The molecule has 10 heteroatoms. The number of sulfonamides is 1. The maximum atomic E-state index is 13.3. The van der Waals surface area contributed by atoms with E-state index in [4.69, 9.17) is 11.6 Å². The van der Waals surface area contributed by atoms with Crippen molar-refractivity contribution < 1.29 is 26.4 Å². The van der Waals surface area contributed by atoms with Gasteiger partial charge >= 0.3 is 6.18 Å². The highest BCUT2D eigenvalue weighted by Crippen LogP contribution is 2.37. The monoisotopic (exact) mass is 474 g/mol. The SMILES string of the molecule is Cc1ccc(S(=O)(=O)Nc2ccc(Cl)cc2C(F)(F)F)cc1C(=O)NC1CCCCC1. The van der Waals surface area contributed by atoms with Crippen LogP contribution in [0.15, 0.2) is 41.3 Å². The van der Waals surface area contributed by atoms with Crippen LogP contribution in [0, 0.1) is 6.92 Å². The molecule has 0 atom stereocenters. The summed E-state index contributed by atoms with van der Waals surface area (Å²) in [5.41, 5.74) is -1.12. The van der Waals surface area contributed by atoms with Crippen LogP contribution in [0.25, 0.3) is 0 Å². The Morgan fingerprint density at radius 1 is 1.06 bits per heavy atom. The van der Waals surface area contributed by atoms with Crippen molar-refractivity contribution in [1.82, 2.24) is 5.32 Å². The molecular formula is C21H22ClF3N2O3S. The van der Waals surface area contributed by atoms with Gasteiger partial charge in [0.15, 0.2) is 0 Å². The minimum Gasteiger partial charge on any atom is -0.349 e. The molecule has 3 rings (SSSR count). The maximum absolute atomic E-state index is 13.3. The number of rotatable bonds is 5. The van der Waals surface area contributed by atoms with E-state index in [2.05, 4.69) is 5.32 Å². The summed E-state index contributed by atoms with van der Waals surface area (Å²) in [5.74, 6) is -0.399. The highest BCUT2D eigenvalue weighted by atomic mass is 35.5. The second-order valence-electron chi connectivity index (χ2n) is 7.58. The van der Waals surface area contributed by atoms with Crippen LogP contribution in [0.3, 0.4) is 0 Å². The molecule has 1 aliphatic rings. The molecule has 31 heavy (non-hydrogen) atoms. The van der Waals surface area contributed by atoms with E-state index in [1.54, 1.807) is 6.92 Å². The van der Waals surface area contributed by atoms with E-state index in [1.807, 2.05) is 4.72 Å². The van der Waals surface area contributed by atoms with Gasteiger partial charge in [0.25, 0.3) is 15.9 Å². The maximum Gasteiger partial charge on any atom is 0.418 e. The van der Waals surface area contributed by atoms with E-state index in [-0.39, 0.29) is 21.5 Å². The van der Waals surface area contributed by atoms with Crippen molar-refractivity contribution in [2.75, 3.05) is 4.72 Å². The lowest BCUT2D eigenvalue weighted by Gasteiger charge is -2.23. The predicted octanol–water partition coefficient (Wildman–Crippen LogP) is 5.53. The molecule has 1 saturated carbocycles. The highest BCUT2D eigenvalue weighted by molar-refractivity contribution is 7.92. The zero-order chi connectivity index (χ0) is 22.8. The third-order valence-electron chi connectivity index (χ3n) is 5.24. The number of anilines is 1. The van der Waals surface area contributed by atoms with Crippen LogP contribution >= 0.6 is 11.6 Å². The standard InChI is InChI=1S/C21H22ClF3N2O3S/c1-13-7-9-16(12-17(13)20(28)26-15-5-3-2-4-6-15)31(29,30)27-19-10-8-14(22)11-18(19)21(23,24)25/h7-12,15,27H,2-6H2,1H3,(H,26,28). The Hall–Kier alpha value is -2.26. The molecule has 0 saturated heterocycles. The van der Waals surface area contributed by atoms with E-state index in [9.17, 15) is 26.4 Å². The van der Waals surface area contributed by atoms with Gasteiger partial charge in [-0.1, -0.05) is 36.9 Å². The third kappa shape index (κ3) is 5.71. The average Bonchev–Trinajstić information content (AvgIpc) is 2.69. The van der Waals surface area contributed by atoms with Gasteiger partial charge in [0.2, 0.25) is 0 Å². The quantitative estimate of drug-likeness (QED) is 0.598. The fourth-order valence-electron chi connectivity index (χ4n) is 3.57. The van der Waals surface area contributed by atoms with Gasteiger partial charge in [-0.05, 0) is 55.7 Å². The van der Waals surface area contributed by atoms with Crippen molar-refractivity contribution in [1.29, 1.82) is 0 Å². The van der Waals surface area contributed by atoms with Gasteiger partial charge in [0, 0.05) is 16.6 Å². The smallest absolute Gasteiger partial charge is 0.349 e. The molecule has 1 aliphatic carbocycles. The molecule has 2 aromatic carbocycles. The summed E-state index contributed by atoms with van der Waals surface area (Å²) in [7, 11) is -4.39. The molecule has 0 heterocycles. The zero-order valence-electron chi connectivity index (χ0n) is 16.7. The number of benzene rings is 2. The summed E-state index contributed by atoms with van der Waals surface area (Å²) in [4.78, 5) is 12.4. The normalized spacial score (nSPS) is 15.5. The number of nitrogens with one attached hydrogen (secondary N) is 2. The topological polar surface area (TPSA) is 75.3 Å². The van der Waals surface area contributed by atoms with E-state index >= 15 is 0 Å². The third-order valence-corrected chi connectivity index (χ3v) is 6.83. The average molecular weight is 475 g/mol. The first-order valence-electron chi connectivity index (χ1n) is 9.78. The van der Waals surface area contributed by atoms with Gasteiger partial charge in [-0.15, -0.1) is 0 Å². The number of carbonyl (C=O) groups is 1. The molecule has 1 fully saturated rings. The number of halogens is 4. The van der Waals surface area contributed by atoms with Crippen LogP contribution in [0.1, 0.15) is 53.6 Å². The minimum absolute atomic E-state index is 0.0300. The number of amides is 1. The van der Waals surface area contributed by atoms with Crippen molar-refractivity contribution in [3.05, 3.63) is 58.1 Å². The Morgan fingerprint density at radius 2 is 1.74 bits per heavy atom. The van der Waals surface area contributed by atoms with Gasteiger partial charge in [0.05, 0.1) is 16.1 Å². The van der Waals surface area contributed by atoms with Crippen LogP contribution in [0.4, 0.5) is 18.9 Å². The zero-order valence-corrected chi connectivity index (χ0v) is 18.3. The molecule has 0 unspecified atom stereocenters. The highest BCUT2D eigenvalue weighted by Gasteiger charge is 2.35. The van der Waals surface area contributed by atoms with E-state index in [1.165, 1.54) is 18.2 Å². The van der Waals surface area contributed by atoms with Crippen molar-refractivity contribution in [3.8, 4) is 0 Å². The molecule has 2 N–H and O–H groups in total. The molecule has 1 amide bonds. The van der Waals surface area contributed by atoms with Gasteiger partial charge in [-0.2, -0.15) is 13.2 Å². The van der Waals surface area contributed by atoms with Crippen molar-refractivity contribution in [2.24, 2.45) is 0 Å². The summed E-state index contributed by atoms with van der Waals surface area (Å²) < 4.78 is 67.5.